The van der Waals surface area contributed by atoms with Gasteiger partial charge in [-0.3, -0.25) is 4.90 Å². The Hall–Kier alpha value is -1.07. The number of oxime groups is 1. The average molecular weight is 239 g/mol. The molecule has 1 unspecified atom stereocenters. The molecule has 4 nitrogen and oxygen atoms in total. The normalized spacial score (nSPS) is 23.5. The number of thiophene rings is 1. The summed E-state index contributed by atoms with van der Waals surface area (Å²) in [6.07, 6.45) is 2.14. The minimum absolute atomic E-state index is 0.207. The monoisotopic (exact) mass is 239 g/mol. The van der Waals surface area contributed by atoms with Gasteiger partial charge in [-0.05, 0) is 30.8 Å². The van der Waals surface area contributed by atoms with Crippen LogP contribution in [0.15, 0.2) is 22.7 Å². The number of nitrogens with zero attached hydrogens (tertiary/aromatic N) is 2. The van der Waals surface area contributed by atoms with Gasteiger partial charge in [0.2, 0.25) is 0 Å². The highest BCUT2D eigenvalue weighted by molar-refractivity contribution is 7.09. The average Bonchev–Trinajstić information content (AvgIpc) is 2.81. The molecule has 0 spiro atoms. The Morgan fingerprint density at radius 2 is 2.56 bits per heavy atom. The molecule has 16 heavy (non-hydrogen) atoms. The fraction of sp³-hybridized carbons (Fsp3) is 0.545. The van der Waals surface area contributed by atoms with E-state index in [9.17, 15) is 0 Å². The second kappa shape index (κ2) is 5.32. The van der Waals surface area contributed by atoms with Gasteiger partial charge in [-0.2, -0.15) is 0 Å². The van der Waals surface area contributed by atoms with Gasteiger partial charge >= 0.3 is 0 Å². The summed E-state index contributed by atoms with van der Waals surface area (Å²) in [7, 11) is 0. The number of hydrogen-bond acceptors (Lipinski definition) is 4. The Bertz CT molecular complexity index is 350. The summed E-state index contributed by atoms with van der Waals surface area (Å²) >= 11 is 1.78. The van der Waals surface area contributed by atoms with Crippen molar-refractivity contribution in [2.24, 2.45) is 16.8 Å². The molecule has 1 saturated heterocycles. The second-order valence-corrected chi connectivity index (χ2v) is 5.21. The maximum atomic E-state index is 8.68. The zero-order chi connectivity index (χ0) is 11.4. The van der Waals surface area contributed by atoms with E-state index in [0.717, 1.165) is 32.5 Å². The van der Waals surface area contributed by atoms with Crippen molar-refractivity contribution in [2.75, 3.05) is 13.1 Å². The Morgan fingerprint density at radius 1 is 1.69 bits per heavy atom. The van der Waals surface area contributed by atoms with Crippen molar-refractivity contribution in [2.45, 2.75) is 19.4 Å². The maximum absolute atomic E-state index is 8.68. The van der Waals surface area contributed by atoms with Gasteiger partial charge in [-0.1, -0.05) is 11.2 Å². The molecule has 1 aromatic heterocycles. The molecule has 0 aliphatic carbocycles. The van der Waals surface area contributed by atoms with Crippen LogP contribution in [0, 0.1) is 5.92 Å². The molecule has 1 fully saturated rings. The first-order chi connectivity index (χ1) is 7.79. The highest BCUT2D eigenvalue weighted by Crippen LogP contribution is 2.20. The first-order valence-corrected chi connectivity index (χ1v) is 6.39. The fourth-order valence-corrected chi connectivity index (χ4v) is 2.89. The van der Waals surface area contributed by atoms with E-state index in [0.29, 0.717) is 5.84 Å². The largest absolute Gasteiger partial charge is 0.409 e. The summed E-state index contributed by atoms with van der Waals surface area (Å²) in [5.74, 6) is 0.578. The molecule has 2 heterocycles. The van der Waals surface area contributed by atoms with Gasteiger partial charge in [-0.15, -0.1) is 11.3 Å². The van der Waals surface area contributed by atoms with E-state index in [2.05, 4.69) is 27.6 Å². The van der Waals surface area contributed by atoms with Gasteiger partial charge in [0.25, 0.3) is 0 Å². The van der Waals surface area contributed by atoms with Crippen LogP contribution in [0.1, 0.15) is 17.7 Å². The zero-order valence-electron chi connectivity index (χ0n) is 9.17. The fourth-order valence-electron chi connectivity index (χ4n) is 2.15. The van der Waals surface area contributed by atoms with E-state index >= 15 is 0 Å². The molecule has 3 N–H and O–H groups in total. The molecule has 2 rings (SSSR count). The molecule has 1 atom stereocenters. The van der Waals surface area contributed by atoms with Crippen molar-refractivity contribution < 1.29 is 5.21 Å². The van der Waals surface area contributed by atoms with Crippen molar-refractivity contribution in [3.8, 4) is 0 Å². The van der Waals surface area contributed by atoms with Crippen molar-refractivity contribution in [1.29, 1.82) is 0 Å². The summed E-state index contributed by atoms with van der Waals surface area (Å²) in [5.41, 5.74) is 5.66. The van der Waals surface area contributed by atoms with Crippen LogP contribution in [-0.2, 0) is 6.54 Å². The Kier molecular flexibility index (Phi) is 3.79. The van der Waals surface area contributed by atoms with Crippen molar-refractivity contribution in [3.63, 3.8) is 0 Å². The highest BCUT2D eigenvalue weighted by Gasteiger charge is 2.23. The molecule has 0 radical (unpaired) electrons. The SMILES string of the molecule is NC(=NO)C1CCCN(Cc2cccs2)C1. The van der Waals surface area contributed by atoms with Crippen LogP contribution in [0.2, 0.25) is 0 Å². The van der Waals surface area contributed by atoms with Crippen molar-refractivity contribution >= 4 is 17.2 Å². The first kappa shape index (κ1) is 11.4. The lowest BCUT2D eigenvalue weighted by Crippen LogP contribution is -2.40. The summed E-state index contributed by atoms with van der Waals surface area (Å²) in [4.78, 5) is 3.75. The predicted octanol–water partition coefficient (Wildman–Crippen LogP) is 1.71. The number of rotatable bonds is 3. The van der Waals surface area contributed by atoms with Crippen LogP contribution >= 0.6 is 11.3 Å². The van der Waals surface area contributed by atoms with Crippen LogP contribution < -0.4 is 5.73 Å². The summed E-state index contributed by atoms with van der Waals surface area (Å²) in [5, 5.41) is 13.9. The molecule has 0 bridgehead atoms. The standard InChI is InChI=1S/C11H17N3OS/c12-11(13-15)9-3-1-5-14(7-9)8-10-4-2-6-16-10/h2,4,6,9,15H,1,3,5,7-8H2,(H2,12,13). The summed E-state index contributed by atoms with van der Waals surface area (Å²) in [6.45, 7) is 2.98. The summed E-state index contributed by atoms with van der Waals surface area (Å²) in [6, 6.07) is 4.22. The van der Waals surface area contributed by atoms with E-state index in [4.69, 9.17) is 10.9 Å². The number of hydrogen-bond donors (Lipinski definition) is 2. The number of nitrogens with two attached hydrogens (primary N) is 1. The summed E-state index contributed by atoms with van der Waals surface area (Å²) < 4.78 is 0. The highest BCUT2D eigenvalue weighted by atomic mass is 32.1. The molecule has 1 aliphatic rings. The molecule has 5 heteroatoms. The maximum Gasteiger partial charge on any atom is 0.143 e. The Labute approximate surface area is 99.4 Å². The number of piperidine rings is 1. The van der Waals surface area contributed by atoms with E-state index in [1.807, 2.05) is 0 Å². The van der Waals surface area contributed by atoms with Gasteiger partial charge in [0, 0.05) is 23.9 Å². The Balaban J connectivity index is 1.92. The van der Waals surface area contributed by atoms with E-state index in [1.165, 1.54) is 4.88 Å². The Morgan fingerprint density at radius 3 is 3.25 bits per heavy atom. The van der Waals surface area contributed by atoms with Gasteiger partial charge in [0.1, 0.15) is 5.84 Å². The minimum Gasteiger partial charge on any atom is -0.409 e. The minimum atomic E-state index is 0.207. The van der Waals surface area contributed by atoms with Crippen LogP contribution in [0.3, 0.4) is 0 Å². The third-order valence-electron chi connectivity index (χ3n) is 3.00. The van der Waals surface area contributed by atoms with Crippen LogP contribution in [0.5, 0.6) is 0 Å². The third kappa shape index (κ3) is 2.74. The van der Waals surface area contributed by atoms with E-state index in [-0.39, 0.29) is 5.92 Å². The molecule has 1 aliphatic heterocycles. The smallest absolute Gasteiger partial charge is 0.143 e. The third-order valence-corrected chi connectivity index (χ3v) is 3.86. The van der Waals surface area contributed by atoms with E-state index < -0.39 is 0 Å². The first-order valence-electron chi connectivity index (χ1n) is 5.51. The van der Waals surface area contributed by atoms with Gasteiger partial charge < -0.3 is 10.9 Å². The lowest BCUT2D eigenvalue weighted by molar-refractivity contribution is 0.194. The van der Waals surface area contributed by atoms with Gasteiger partial charge in [-0.25, -0.2) is 0 Å². The number of likely N-dealkylation sites (tertiary alicyclic amines) is 1. The van der Waals surface area contributed by atoms with Crippen LogP contribution in [0.4, 0.5) is 0 Å². The van der Waals surface area contributed by atoms with Crippen molar-refractivity contribution in [1.82, 2.24) is 4.90 Å². The van der Waals surface area contributed by atoms with Crippen molar-refractivity contribution in [3.05, 3.63) is 22.4 Å². The molecule has 88 valence electrons. The van der Waals surface area contributed by atoms with Gasteiger partial charge in [0.15, 0.2) is 0 Å². The van der Waals surface area contributed by atoms with Gasteiger partial charge in [0.05, 0.1) is 0 Å². The topological polar surface area (TPSA) is 61.9 Å². The van der Waals surface area contributed by atoms with Crippen LogP contribution in [-0.4, -0.2) is 29.0 Å². The molecule has 0 aromatic carbocycles. The lowest BCUT2D eigenvalue weighted by atomic mass is 9.97. The zero-order valence-corrected chi connectivity index (χ0v) is 9.99. The van der Waals surface area contributed by atoms with E-state index in [1.54, 1.807) is 11.3 Å². The lowest BCUT2D eigenvalue weighted by Gasteiger charge is -2.31. The molecular weight excluding hydrogens is 222 g/mol. The molecule has 0 amide bonds. The molecule has 0 saturated carbocycles. The molecular formula is C11H17N3OS. The number of amidine groups is 1. The quantitative estimate of drug-likeness (QED) is 0.365. The molecule has 1 aromatic rings. The predicted molar refractivity (Wildman–Crippen MR) is 65.7 cm³/mol. The second-order valence-electron chi connectivity index (χ2n) is 4.18. The van der Waals surface area contributed by atoms with Crippen LogP contribution in [0.25, 0.3) is 0 Å².